The molecule has 1 atom stereocenters. The molecule has 17 heavy (non-hydrogen) atoms. The fourth-order valence-electron chi connectivity index (χ4n) is 1.97. The van der Waals surface area contributed by atoms with Crippen molar-refractivity contribution in [2.45, 2.75) is 19.4 Å². The van der Waals surface area contributed by atoms with Crippen LogP contribution in [0.15, 0.2) is 30.3 Å². The van der Waals surface area contributed by atoms with Crippen LogP contribution in [0.3, 0.4) is 0 Å². The van der Waals surface area contributed by atoms with Gasteiger partial charge in [-0.05, 0) is 5.19 Å². The second-order valence-electron chi connectivity index (χ2n) is 4.44. The van der Waals surface area contributed by atoms with Gasteiger partial charge in [0.25, 0.3) is 0 Å². The Morgan fingerprint density at radius 3 is 2.24 bits per heavy atom. The molecule has 1 aliphatic heterocycles. The summed E-state index contributed by atoms with van der Waals surface area (Å²) in [5.74, 6) is -0.185. The third kappa shape index (κ3) is 2.58. The maximum absolute atomic E-state index is 11.6. The van der Waals surface area contributed by atoms with E-state index in [4.69, 9.17) is 11.1 Å². The van der Waals surface area contributed by atoms with E-state index < -0.39 is 7.38 Å². The SMILES string of the molecule is C[Si](Cl)(CN1C(=O)CCC1=O)c1ccccc1. The molecule has 0 saturated carbocycles. The normalized spacial score (nSPS) is 19.5. The molecule has 1 heterocycles. The summed E-state index contributed by atoms with van der Waals surface area (Å²) < 4.78 is 0. The lowest BCUT2D eigenvalue weighted by atomic mass is 10.4. The first-order valence-electron chi connectivity index (χ1n) is 5.58. The van der Waals surface area contributed by atoms with Crippen LogP contribution >= 0.6 is 11.1 Å². The van der Waals surface area contributed by atoms with E-state index in [0.717, 1.165) is 5.19 Å². The number of rotatable bonds is 3. The highest BCUT2D eigenvalue weighted by atomic mass is 35.6. The molecule has 0 bridgehead atoms. The number of carbonyl (C=O) groups excluding carboxylic acids is 2. The molecule has 2 amide bonds. The standard InChI is InChI=1S/C12H14ClNO2Si/c1-17(13,10-5-3-2-4-6-10)9-14-11(15)7-8-12(14)16/h2-6H,7-9H2,1H3. The van der Waals surface area contributed by atoms with E-state index in [1.165, 1.54) is 4.90 Å². The Balaban J connectivity index is 2.17. The second-order valence-corrected chi connectivity index (χ2v) is 10.2. The maximum Gasteiger partial charge on any atom is 0.229 e. The molecule has 90 valence electrons. The van der Waals surface area contributed by atoms with Crippen LogP contribution in [0, 0.1) is 0 Å². The molecule has 0 aliphatic carbocycles. The third-order valence-electron chi connectivity index (χ3n) is 2.99. The van der Waals surface area contributed by atoms with Crippen molar-refractivity contribution < 1.29 is 9.59 Å². The first-order chi connectivity index (χ1) is 8.00. The first kappa shape index (κ1) is 12.3. The minimum absolute atomic E-state index is 0.0923. The number of carbonyl (C=O) groups is 2. The minimum atomic E-state index is -2.27. The van der Waals surface area contributed by atoms with Crippen molar-refractivity contribution in [3.63, 3.8) is 0 Å². The van der Waals surface area contributed by atoms with E-state index in [0.29, 0.717) is 19.0 Å². The largest absolute Gasteiger partial charge is 0.284 e. The number of halogens is 1. The molecule has 3 nitrogen and oxygen atoms in total. The molecule has 0 N–H and O–H groups in total. The number of hydrogen-bond donors (Lipinski definition) is 0. The Morgan fingerprint density at radius 1 is 1.18 bits per heavy atom. The second kappa shape index (κ2) is 4.62. The first-order valence-corrected chi connectivity index (χ1v) is 9.30. The van der Waals surface area contributed by atoms with Gasteiger partial charge >= 0.3 is 0 Å². The van der Waals surface area contributed by atoms with Crippen molar-refractivity contribution in [2.75, 3.05) is 6.17 Å². The smallest absolute Gasteiger partial charge is 0.229 e. The summed E-state index contributed by atoms with van der Waals surface area (Å²) in [6.45, 7) is 1.96. The van der Waals surface area contributed by atoms with Crippen LogP contribution in [-0.4, -0.2) is 30.3 Å². The van der Waals surface area contributed by atoms with E-state index >= 15 is 0 Å². The third-order valence-corrected chi connectivity index (χ3v) is 6.45. The molecule has 0 radical (unpaired) electrons. The van der Waals surface area contributed by atoms with Gasteiger partial charge in [0.2, 0.25) is 19.2 Å². The van der Waals surface area contributed by atoms with Crippen LogP contribution in [0.1, 0.15) is 12.8 Å². The van der Waals surface area contributed by atoms with Crippen molar-refractivity contribution in [1.82, 2.24) is 4.90 Å². The van der Waals surface area contributed by atoms with Crippen molar-refractivity contribution >= 4 is 35.5 Å². The minimum Gasteiger partial charge on any atom is -0.284 e. The van der Waals surface area contributed by atoms with Gasteiger partial charge < -0.3 is 0 Å². The molecule has 1 fully saturated rings. The molecular weight excluding hydrogens is 254 g/mol. The van der Waals surface area contributed by atoms with E-state index in [-0.39, 0.29) is 11.8 Å². The highest BCUT2D eigenvalue weighted by Crippen LogP contribution is 2.18. The van der Waals surface area contributed by atoms with E-state index in [9.17, 15) is 9.59 Å². The van der Waals surface area contributed by atoms with Crippen molar-refractivity contribution in [1.29, 1.82) is 0 Å². The highest BCUT2D eigenvalue weighted by molar-refractivity contribution is 7.27. The van der Waals surface area contributed by atoms with Gasteiger partial charge in [0.05, 0.1) is 0 Å². The molecule has 1 aliphatic rings. The van der Waals surface area contributed by atoms with Crippen LogP contribution in [0.25, 0.3) is 0 Å². The summed E-state index contributed by atoms with van der Waals surface area (Å²) in [6.07, 6.45) is 1.03. The van der Waals surface area contributed by atoms with Gasteiger partial charge in [-0.2, -0.15) is 11.1 Å². The maximum atomic E-state index is 11.6. The molecule has 0 aromatic heterocycles. The number of hydrogen-bond acceptors (Lipinski definition) is 2. The van der Waals surface area contributed by atoms with Crippen LogP contribution in [-0.2, 0) is 9.59 Å². The summed E-state index contributed by atoms with van der Waals surface area (Å²) in [4.78, 5) is 24.5. The number of benzene rings is 1. The zero-order valence-electron chi connectivity index (χ0n) is 9.65. The van der Waals surface area contributed by atoms with Crippen LogP contribution < -0.4 is 5.19 Å². The summed E-state index contributed by atoms with van der Waals surface area (Å²) in [5.41, 5.74) is 0. The van der Waals surface area contributed by atoms with Crippen molar-refractivity contribution in [3.05, 3.63) is 30.3 Å². The summed E-state index contributed by atoms with van der Waals surface area (Å²) in [7, 11) is -2.27. The number of imide groups is 1. The average Bonchev–Trinajstić information content (AvgIpc) is 2.62. The summed E-state index contributed by atoms with van der Waals surface area (Å²) in [6, 6.07) is 9.71. The molecule has 1 aromatic rings. The van der Waals surface area contributed by atoms with Gasteiger partial charge in [0.1, 0.15) is 0 Å². The molecule has 5 heteroatoms. The number of amides is 2. The predicted octanol–water partition coefficient (Wildman–Crippen LogP) is 1.40. The average molecular weight is 268 g/mol. The van der Waals surface area contributed by atoms with Crippen LogP contribution in [0.4, 0.5) is 0 Å². The summed E-state index contributed by atoms with van der Waals surface area (Å²) >= 11 is 6.57. The lowest BCUT2D eigenvalue weighted by Gasteiger charge is -2.25. The van der Waals surface area contributed by atoms with Gasteiger partial charge in [-0.3, -0.25) is 14.5 Å². The number of nitrogens with zero attached hydrogens (tertiary/aromatic N) is 1. The molecule has 1 saturated heterocycles. The van der Waals surface area contributed by atoms with Crippen molar-refractivity contribution in [2.24, 2.45) is 0 Å². The predicted molar refractivity (Wildman–Crippen MR) is 69.5 cm³/mol. The molecule has 2 rings (SSSR count). The Bertz CT molecular complexity index is 431. The quantitative estimate of drug-likeness (QED) is 0.472. The van der Waals surface area contributed by atoms with E-state index in [2.05, 4.69) is 0 Å². The van der Waals surface area contributed by atoms with Crippen LogP contribution in [0.5, 0.6) is 0 Å². The zero-order valence-corrected chi connectivity index (χ0v) is 11.4. The van der Waals surface area contributed by atoms with Gasteiger partial charge in [0, 0.05) is 19.0 Å². The van der Waals surface area contributed by atoms with E-state index in [1.807, 2.05) is 36.9 Å². The van der Waals surface area contributed by atoms with Crippen LogP contribution in [0.2, 0.25) is 6.55 Å². The molecule has 1 unspecified atom stereocenters. The summed E-state index contributed by atoms with van der Waals surface area (Å²) in [5, 5.41) is 1.05. The Kier molecular flexibility index (Phi) is 3.35. The molecule has 0 spiro atoms. The highest BCUT2D eigenvalue weighted by Gasteiger charge is 2.37. The Morgan fingerprint density at radius 2 is 1.71 bits per heavy atom. The van der Waals surface area contributed by atoms with Crippen molar-refractivity contribution in [3.8, 4) is 0 Å². The molecule has 1 aromatic carbocycles. The lowest BCUT2D eigenvalue weighted by molar-refractivity contribution is -0.137. The van der Waals surface area contributed by atoms with E-state index in [1.54, 1.807) is 0 Å². The Hall–Kier alpha value is -1.13. The lowest BCUT2D eigenvalue weighted by Crippen LogP contribution is -2.51. The molecular formula is C12H14ClNO2Si. The Labute approximate surface area is 106 Å². The van der Waals surface area contributed by atoms with Gasteiger partial charge in [-0.1, -0.05) is 36.9 Å². The van der Waals surface area contributed by atoms with Gasteiger partial charge in [0.15, 0.2) is 0 Å². The fourth-order valence-corrected chi connectivity index (χ4v) is 4.73. The van der Waals surface area contributed by atoms with Gasteiger partial charge in [-0.25, -0.2) is 0 Å². The monoisotopic (exact) mass is 267 g/mol. The fraction of sp³-hybridized carbons (Fsp3) is 0.333. The van der Waals surface area contributed by atoms with Gasteiger partial charge in [-0.15, -0.1) is 0 Å². The topological polar surface area (TPSA) is 37.4 Å². The zero-order chi connectivity index (χ0) is 12.5. The number of likely N-dealkylation sites (tertiary alicyclic amines) is 1.